The smallest absolute Gasteiger partial charge is 0.224 e. The number of carbonyl (C=O) groups excluding carboxylic acids is 2. The summed E-state index contributed by atoms with van der Waals surface area (Å²) in [6, 6.07) is 7.09. The van der Waals surface area contributed by atoms with E-state index >= 15 is 0 Å². The molecule has 0 aliphatic rings. The summed E-state index contributed by atoms with van der Waals surface area (Å²) in [5.74, 6) is -0.127. The zero-order chi connectivity index (χ0) is 15.0. The van der Waals surface area contributed by atoms with Gasteiger partial charge < -0.3 is 20.0 Å². The second-order valence-corrected chi connectivity index (χ2v) is 5.00. The summed E-state index contributed by atoms with van der Waals surface area (Å²) in [6.07, 6.45) is 0.346. The first-order chi connectivity index (χ1) is 9.47. The fourth-order valence-corrected chi connectivity index (χ4v) is 1.51. The summed E-state index contributed by atoms with van der Waals surface area (Å²) in [5.41, 5.74) is 0.667. The molecule has 0 radical (unpaired) electrons. The molecule has 0 atom stereocenters. The lowest BCUT2D eigenvalue weighted by atomic mass is 10.2. The summed E-state index contributed by atoms with van der Waals surface area (Å²) in [4.78, 5) is 21.8. The molecule has 110 valence electrons. The molecule has 0 heterocycles. The first kappa shape index (κ1) is 16.0. The summed E-state index contributed by atoms with van der Waals surface area (Å²) in [5, 5.41) is 12.9. The van der Waals surface area contributed by atoms with Gasteiger partial charge in [-0.25, -0.2) is 0 Å². The Balaban J connectivity index is 2.36. The number of carbonyl (C=O) groups is 2. The van der Waals surface area contributed by atoms with Crippen molar-refractivity contribution in [1.82, 2.24) is 0 Å². The predicted octanol–water partition coefficient (Wildman–Crippen LogP) is 1.58. The molecule has 0 saturated carbocycles. The minimum absolute atomic E-state index is 0.102. The van der Waals surface area contributed by atoms with Crippen molar-refractivity contribution < 1.29 is 19.4 Å². The standard InChI is InChI=1S/C15H21NO4/c1-11(2)10-20-13-8-6-12(7-9-13)16-14(17)4-3-5-15(18)19/h6-9,11H,3-5,10H2,1-2H3,(H,16,17)(H,18,19)/p-1. The highest BCUT2D eigenvalue weighted by molar-refractivity contribution is 5.90. The van der Waals surface area contributed by atoms with Crippen molar-refractivity contribution in [2.24, 2.45) is 5.92 Å². The zero-order valence-electron chi connectivity index (χ0n) is 11.8. The van der Waals surface area contributed by atoms with Crippen molar-refractivity contribution in [2.75, 3.05) is 11.9 Å². The predicted molar refractivity (Wildman–Crippen MR) is 74.3 cm³/mol. The van der Waals surface area contributed by atoms with E-state index in [0.29, 0.717) is 18.2 Å². The molecule has 0 bridgehead atoms. The molecule has 1 aromatic rings. The third kappa shape index (κ3) is 6.78. The van der Waals surface area contributed by atoms with Crippen molar-refractivity contribution in [3.63, 3.8) is 0 Å². The number of nitrogens with one attached hydrogen (secondary N) is 1. The number of benzene rings is 1. The largest absolute Gasteiger partial charge is 0.550 e. The normalized spacial score (nSPS) is 10.3. The van der Waals surface area contributed by atoms with Crippen LogP contribution in [0.25, 0.3) is 0 Å². The molecule has 1 amide bonds. The van der Waals surface area contributed by atoms with Crippen LogP contribution in [0, 0.1) is 5.92 Å². The van der Waals surface area contributed by atoms with Crippen LogP contribution in [-0.2, 0) is 9.59 Å². The highest BCUT2D eigenvalue weighted by Crippen LogP contribution is 2.16. The Morgan fingerprint density at radius 3 is 2.40 bits per heavy atom. The van der Waals surface area contributed by atoms with E-state index in [-0.39, 0.29) is 25.2 Å². The summed E-state index contributed by atoms with van der Waals surface area (Å²) in [7, 11) is 0. The molecule has 0 unspecified atom stereocenters. The number of rotatable bonds is 8. The van der Waals surface area contributed by atoms with E-state index < -0.39 is 5.97 Å². The first-order valence-corrected chi connectivity index (χ1v) is 6.70. The third-order valence-electron chi connectivity index (χ3n) is 2.51. The molecule has 0 fully saturated rings. The van der Waals surface area contributed by atoms with Crippen molar-refractivity contribution in [1.29, 1.82) is 0 Å². The number of hydrogen-bond donors (Lipinski definition) is 1. The van der Waals surface area contributed by atoms with Gasteiger partial charge in [-0.3, -0.25) is 4.79 Å². The van der Waals surface area contributed by atoms with Gasteiger partial charge in [-0.2, -0.15) is 0 Å². The van der Waals surface area contributed by atoms with Gasteiger partial charge in [0.05, 0.1) is 6.61 Å². The molecule has 0 aliphatic carbocycles. The van der Waals surface area contributed by atoms with Crippen LogP contribution in [0.1, 0.15) is 33.1 Å². The van der Waals surface area contributed by atoms with Crippen LogP contribution in [0.2, 0.25) is 0 Å². The average molecular weight is 278 g/mol. The molecule has 0 aromatic heterocycles. The lowest BCUT2D eigenvalue weighted by Gasteiger charge is -2.10. The van der Waals surface area contributed by atoms with E-state index in [1.165, 1.54) is 0 Å². The number of anilines is 1. The van der Waals surface area contributed by atoms with Gasteiger partial charge in [-0.1, -0.05) is 13.8 Å². The van der Waals surface area contributed by atoms with E-state index in [9.17, 15) is 14.7 Å². The topological polar surface area (TPSA) is 78.5 Å². The van der Waals surface area contributed by atoms with E-state index in [2.05, 4.69) is 19.2 Å². The molecule has 5 heteroatoms. The fourth-order valence-electron chi connectivity index (χ4n) is 1.51. The molecule has 1 rings (SSSR count). The monoisotopic (exact) mass is 278 g/mol. The minimum atomic E-state index is -1.13. The van der Waals surface area contributed by atoms with Crippen LogP contribution in [0.3, 0.4) is 0 Å². The Morgan fingerprint density at radius 2 is 1.85 bits per heavy atom. The van der Waals surface area contributed by atoms with Crippen LogP contribution >= 0.6 is 0 Å². The second kappa shape index (κ2) is 8.19. The first-order valence-electron chi connectivity index (χ1n) is 6.70. The van der Waals surface area contributed by atoms with Gasteiger partial charge in [-0.05, 0) is 43.0 Å². The molecule has 1 aromatic carbocycles. The maximum Gasteiger partial charge on any atom is 0.224 e. The average Bonchev–Trinajstić information content (AvgIpc) is 2.37. The van der Waals surface area contributed by atoms with Crippen molar-refractivity contribution in [2.45, 2.75) is 33.1 Å². The van der Waals surface area contributed by atoms with Crippen molar-refractivity contribution in [3.05, 3.63) is 24.3 Å². The number of aliphatic carboxylic acids is 1. The van der Waals surface area contributed by atoms with Crippen LogP contribution in [-0.4, -0.2) is 18.5 Å². The Bertz CT molecular complexity index is 440. The number of ether oxygens (including phenoxy) is 1. The summed E-state index contributed by atoms with van der Waals surface area (Å²) < 4.78 is 5.53. The lowest BCUT2D eigenvalue weighted by molar-refractivity contribution is -0.305. The van der Waals surface area contributed by atoms with E-state index in [1.807, 2.05) is 0 Å². The molecule has 1 N–H and O–H groups in total. The van der Waals surface area contributed by atoms with Gasteiger partial charge in [0.15, 0.2) is 0 Å². The Kier molecular flexibility index (Phi) is 6.56. The quantitative estimate of drug-likeness (QED) is 0.783. The zero-order valence-corrected chi connectivity index (χ0v) is 11.8. The number of hydrogen-bond acceptors (Lipinski definition) is 4. The van der Waals surface area contributed by atoms with E-state index in [0.717, 1.165) is 5.75 Å². The van der Waals surface area contributed by atoms with Crippen LogP contribution in [0.4, 0.5) is 5.69 Å². The van der Waals surface area contributed by atoms with Crippen LogP contribution in [0.5, 0.6) is 5.75 Å². The Hall–Kier alpha value is -2.04. The highest BCUT2D eigenvalue weighted by atomic mass is 16.5. The minimum Gasteiger partial charge on any atom is -0.550 e. The van der Waals surface area contributed by atoms with Gasteiger partial charge in [0, 0.05) is 18.1 Å². The summed E-state index contributed by atoms with van der Waals surface area (Å²) >= 11 is 0. The van der Waals surface area contributed by atoms with Crippen LogP contribution < -0.4 is 15.2 Å². The number of carboxylic acids is 1. The molecular weight excluding hydrogens is 258 g/mol. The maximum atomic E-state index is 11.5. The highest BCUT2D eigenvalue weighted by Gasteiger charge is 2.03. The Morgan fingerprint density at radius 1 is 1.20 bits per heavy atom. The van der Waals surface area contributed by atoms with E-state index in [1.54, 1.807) is 24.3 Å². The van der Waals surface area contributed by atoms with Gasteiger partial charge in [0.2, 0.25) is 5.91 Å². The van der Waals surface area contributed by atoms with Gasteiger partial charge in [-0.15, -0.1) is 0 Å². The summed E-state index contributed by atoms with van der Waals surface area (Å²) in [6.45, 7) is 4.79. The SMILES string of the molecule is CC(C)COc1ccc(NC(=O)CCCC(=O)[O-])cc1. The van der Waals surface area contributed by atoms with Gasteiger partial charge in [0.25, 0.3) is 0 Å². The third-order valence-corrected chi connectivity index (χ3v) is 2.51. The number of amides is 1. The molecule has 0 aliphatic heterocycles. The van der Waals surface area contributed by atoms with Gasteiger partial charge >= 0.3 is 0 Å². The Labute approximate surface area is 118 Å². The molecule has 0 spiro atoms. The maximum absolute atomic E-state index is 11.5. The number of carboxylic acid groups (broad SMARTS) is 1. The lowest BCUT2D eigenvalue weighted by Crippen LogP contribution is -2.22. The van der Waals surface area contributed by atoms with Crippen molar-refractivity contribution in [3.8, 4) is 5.75 Å². The molecule has 0 saturated heterocycles. The second-order valence-electron chi connectivity index (χ2n) is 5.00. The molecular formula is C15H20NO4-. The van der Waals surface area contributed by atoms with Gasteiger partial charge in [0.1, 0.15) is 5.75 Å². The van der Waals surface area contributed by atoms with E-state index in [4.69, 9.17) is 4.74 Å². The fraction of sp³-hybridized carbons (Fsp3) is 0.467. The molecule has 5 nitrogen and oxygen atoms in total. The molecule has 20 heavy (non-hydrogen) atoms. The van der Waals surface area contributed by atoms with Crippen LogP contribution in [0.15, 0.2) is 24.3 Å². The van der Waals surface area contributed by atoms with Crippen molar-refractivity contribution >= 4 is 17.6 Å².